The second-order valence-electron chi connectivity index (χ2n) is 3.35. The first-order valence-electron chi connectivity index (χ1n) is 4.82. The van der Waals surface area contributed by atoms with Crippen molar-refractivity contribution < 1.29 is 0 Å². The number of aromatic amines is 2. The highest BCUT2D eigenvalue weighted by Gasteiger charge is 2.05. The molecule has 0 saturated carbocycles. The summed E-state index contributed by atoms with van der Waals surface area (Å²) < 4.78 is 0. The zero-order valence-corrected chi connectivity index (χ0v) is 11.2. The molecule has 5 nitrogen and oxygen atoms in total. The smallest absolute Gasteiger partial charge is 0.271 e. The van der Waals surface area contributed by atoms with Gasteiger partial charge in [-0.25, -0.2) is 9.89 Å². The molecule has 0 unspecified atom stereocenters. The molecule has 0 aliphatic heterocycles. The van der Waals surface area contributed by atoms with Crippen LogP contribution in [0.15, 0.2) is 32.8 Å². The van der Waals surface area contributed by atoms with Crippen LogP contribution >= 0.6 is 35.0 Å². The molecule has 2 rings (SSSR count). The van der Waals surface area contributed by atoms with Gasteiger partial charge in [-0.1, -0.05) is 41.0 Å². The van der Waals surface area contributed by atoms with Crippen molar-refractivity contribution in [2.45, 2.75) is 10.8 Å². The third kappa shape index (κ3) is 3.16. The molecule has 94 valence electrons. The van der Waals surface area contributed by atoms with E-state index in [2.05, 4.69) is 15.2 Å². The van der Waals surface area contributed by atoms with Gasteiger partial charge in [0, 0.05) is 5.75 Å². The zero-order valence-electron chi connectivity index (χ0n) is 8.87. The molecule has 8 heteroatoms. The van der Waals surface area contributed by atoms with Crippen molar-refractivity contribution in [1.29, 1.82) is 0 Å². The average Bonchev–Trinajstić information content (AvgIpc) is 2.32. The van der Waals surface area contributed by atoms with E-state index in [9.17, 15) is 9.59 Å². The summed E-state index contributed by atoms with van der Waals surface area (Å²) in [7, 11) is 0. The van der Waals surface area contributed by atoms with Gasteiger partial charge in [-0.15, -0.1) is 0 Å². The first kappa shape index (κ1) is 13.2. The van der Waals surface area contributed by atoms with Gasteiger partial charge < -0.3 is 0 Å². The van der Waals surface area contributed by atoms with Crippen LogP contribution in [0.5, 0.6) is 0 Å². The lowest BCUT2D eigenvalue weighted by Gasteiger charge is -2.02. The largest absolute Gasteiger partial charge is 0.342 e. The van der Waals surface area contributed by atoms with Crippen molar-refractivity contribution in [3.8, 4) is 0 Å². The van der Waals surface area contributed by atoms with Gasteiger partial charge in [0.15, 0.2) is 5.03 Å². The number of benzene rings is 1. The second kappa shape index (κ2) is 5.60. The van der Waals surface area contributed by atoms with Crippen LogP contribution in [0.3, 0.4) is 0 Å². The lowest BCUT2D eigenvalue weighted by atomic mass is 10.2. The summed E-state index contributed by atoms with van der Waals surface area (Å²) in [5.74, 6) is 0.499. The molecule has 2 N–H and O–H groups in total. The van der Waals surface area contributed by atoms with Gasteiger partial charge in [0.1, 0.15) is 0 Å². The van der Waals surface area contributed by atoms with Gasteiger partial charge in [0.2, 0.25) is 0 Å². The molecule has 1 aromatic carbocycles. The van der Waals surface area contributed by atoms with Gasteiger partial charge in [-0.3, -0.25) is 9.78 Å². The van der Waals surface area contributed by atoms with Crippen LogP contribution in [0.2, 0.25) is 10.0 Å². The Bertz CT molecular complexity index is 683. The first-order chi connectivity index (χ1) is 8.56. The normalized spacial score (nSPS) is 10.6. The van der Waals surface area contributed by atoms with Gasteiger partial charge in [-0.05, 0) is 17.7 Å². The van der Waals surface area contributed by atoms with E-state index < -0.39 is 11.2 Å². The number of nitrogens with one attached hydrogen (secondary N) is 2. The molecule has 0 fully saturated rings. The number of aromatic nitrogens is 3. The van der Waals surface area contributed by atoms with Crippen molar-refractivity contribution >= 4 is 35.0 Å². The SMILES string of the molecule is O=c1[nH]nc(SCc2ccc(Cl)c(Cl)c2)c(=O)[nH]1. The van der Waals surface area contributed by atoms with Crippen LogP contribution in [0, 0.1) is 0 Å². The molecule has 0 radical (unpaired) electrons. The van der Waals surface area contributed by atoms with Gasteiger partial charge in [0.25, 0.3) is 5.56 Å². The van der Waals surface area contributed by atoms with E-state index in [1.165, 1.54) is 11.8 Å². The van der Waals surface area contributed by atoms with E-state index in [4.69, 9.17) is 23.2 Å². The summed E-state index contributed by atoms with van der Waals surface area (Å²) in [5, 5.41) is 6.95. The Hall–Kier alpha value is -1.24. The molecule has 1 heterocycles. The maximum atomic E-state index is 11.4. The molecule has 2 aromatic rings. The van der Waals surface area contributed by atoms with Crippen LogP contribution in [0.25, 0.3) is 0 Å². The Balaban J connectivity index is 2.14. The fourth-order valence-electron chi connectivity index (χ4n) is 1.22. The monoisotopic (exact) mass is 303 g/mol. The predicted octanol–water partition coefficient (Wildman–Crippen LogP) is 2.06. The molecule has 1 aromatic heterocycles. The Kier molecular flexibility index (Phi) is 4.11. The van der Waals surface area contributed by atoms with Crippen molar-refractivity contribution in [2.24, 2.45) is 0 Å². The Labute approximate surface area is 116 Å². The van der Waals surface area contributed by atoms with Crippen molar-refractivity contribution in [3.05, 3.63) is 54.6 Å². The number of halogens is 2. The molecule has 0 aliphatic rings. The third-order valence-electron chi connectivity index (χ3n) is 2.04. The topological polar surface area (TPSA) is 78.6 Å². The molecule has 0 spiro atoms. The van der Waals surface area contributed by atoms with Crippen LogP contribution in [-0.2, 0) is 5.75 Å². The summed E-state index contributed by atoms with van der Waals surface area (Å²) in [6, 6.07) is 5.21. The highest BCUT2D eigenvalue weighted by molar-refractivity contribution is 7.98. The highest BCUT2D eigenvalue weighted by atomic mass is 35.5. The minimum Gasteiger partial charge on any atom is -0.271 e. The Morgan fingerprint density at radius 3 is 2.67 bits per heavy atom. The van der Waals surface area contributed by atoms with Crippen LogP contribution in [0.4, 0.5) is 0 Å². The summed E-state index contributed by atoms with van der Waals surface area (Å²) in [6.07, 6.45) is 0. The minimum absolute atomic E-state index is 0.195. The molecule has 0 bridgehead atoms. The molecule has 0 saturated heterocycles. The van der Waals surface area contributed by atoms with E-state index in [1.807, 2.05) is 0 Å². The maximum Gasteiger partial charge on any atom is 0.342 e. The standard InChI is InChI=1S/C10H7Cl2N3O2S/c11-6-2-1-5(3-7(6)12)4-18-9-8(16)13-10(17)15-14-9/h1-3H,4H2,(H2,13,15,16,17). The van der Waals surface area contributed by atoms with Crippen LogP contribution in [0.1, 0.15) is 5.56 Å². The molecule has 0 aliphatic carbocycles. The summed E-state index contributed by atoms with van der Waals surface area (Å²) in [6.45, 7) is 0. The zero-order chi connectivity index (χ0) is 13.1. The number of rotatable bonds is 3. The van der Waals surface area contributed by atoms with Gasteiger partial charge in [-0.2, -0.15) is 5.10 Å². The summed E-state index contributed by atoms with van der Waals surface area (Å²) >= 11 is 12.9. The number of thioether (sulfide) groups is 1. The maximum absolute atomic E-state index is 11.4. The molecular weight excluding hydrogens is 297 g/mol. The molecule has 18 heavy (non-hydrogen) atoms. The number of hydrogen-bond acceptors (Lipinski definition) is 4. The number of hydrogen-bond donors (Lipinski definition) is 2. The lowest BCUT2D eigenvalue weighted by molar-refractivity contribution is 0.807. The van der Waals surface area contributed by atoms with Gasteiger partial charge >= 0.3 is 5.69 Å². The fourth-order valence-corrected chi connectivity index (χ4v) is 2.31. The van der Waals surface area contributed by atoms with Crippen molar-refractivity contribution in [3.63, 3.8) is 0 Å². The molecular formula is C10H7Cl2N3O2S. The highest BCUT2D eigenvalue weighted by Crippen LogP contribution is 2.25. The molecule has 0 atom stereocenters. The first-order valence-corrected chi connectivity index (χ1v) is 6.56. The minimum atomic E-state index is -0.626. The Morgan fingerprint density at radius 2 is 2.00 bits per heavy atom. The van der Waals surface area contributed by atoms with Crippen molar-refractivity contribution in [2.75, 3.05) is 0 Å². The van der Waals surface area contributed by atoms with Gasteiger partial charge in [0.05, 0.1) is 10.0 Å². The Morgan fingerprint density at radius 1 is 1.22 bits per heavy atom. The van der Waals surface area contributed by atoms with Crippen LogP contribution in [-0.4, -0.2) is 15.2 Å². The van der Waals surface area contributed by atoms with E-state index in [1.54, 1.807) is 18.2 Å². The molecule has 0 amide bonds. The third-order valence-corrected chi connectivity index (χ3v) is 3.81. The summed E-state index contributed by atoms with van der Waals surface area (Å²) in [4.78, 5) is 24.3. The van der Waals surface area contributed by atoms with Crippen LogP contribution < -0.4 is 11.2 Å². The number of nitrogens with zero attached hydrogens (tertiary/aromatic N) is 1. The number of H-pyrrole nitrogens is 2. The van der Waals surface area contributed by atoms with Crippen molar-refractivity contribution in [1.82, 2.24) is 15.2 Å². The summed E-state index contributed by atoms with van der Waals surface area (Å²) in [5.41, 5.74) is -0.232. The van der Waals surface area contributed by atoms with E-state index in [0.717, 1.165) is 5.56 Å². The van der Waals surface area contributed by atoms with E-state index >= 15 is 0 Å². The van der Waals surface area contributed by atoms with E-state index in [-0.39, 0.29) is 5.03 Å². The second-order valence-corrected chi connectivity index (χ2v) is 5.13. The quantitative estimate of drug-likeness (QED) is 0.851. The fraction of sp³-hybridized carbons (Fsp3) is 0.100. The predicted molar refractivity (Wildman–Crippen MR) is 71.5 cm³/mol. The average molecular weight is 304 g/mol. The van der Waals surface area contributed by atoms with E-state index in [0.29, 0.717) is 15.8 Å². The lowest BCUT2D eigenvalue weighted by Crippen LogP contribution is -2.24.